The smallest absolute Gasteiger partial charge is 0.229 e. The molecule has 17 heavy (non-hydrogen) atoms. The van der Waals surface area contributed by atoms with E-state index < -0.39 is 0 Å². The molecule has 0 aliphatic carbocycles. The summed E-state index contributed by atoms with van der Waals surface area (Å²) in [6.45, 7) is 0.245. The van der Waals surface area contributed by atoms with Gasteiger partial charge in [0.2, 0.25) is 17.8 Å². The van der Waals surface area contributed by atoms with Crippen molar-refractivity contribution in [1.29, 1.82) is 0 Å². The number of nitrogens with zero attached hydrogens (tertiary/aromatic N) is 10. The Bertz CT molecular complexity index is 508. The van der Waals surface area contributed by atoms with Gasteiger partial charge in [0.05, 0.1) is 6.54 Å². The summed E-state index contributed by atoms with van der Waals surface area (Å²) in [4.78, 5) is 17.8. The largest absolute Gasteiger partial charge is 0.333 e. The summed E-state index contributed by atoms with van der Waals surface area (Å²) in [5.41, 5.74) is 16.6. The molecular formula is C7H6N10. The Morgan fingerprint density at radius 1 is 1.24 bits per heavy atom. The van der Waals surface area contributed by atoms with Gasteiger partial charge in [-0.1, -0.05) is 5.92 Å². The quantitative estimate of drug-likeness (QED) is 0.336. The molecule has 1 aromatic heterocycles. The van der Waals surface area contributed by atoms with Gasteiger partial charge in [-0.2, -0.15) is 9.97 Å². The van der Waals surface area contributed by atoms with E-state index in [1.807, 2.05) is 0 Å². The van der Waals surface area contributed by atoms with Gasteiger partial charge in [-0.15, -0.1) is 6.42 Å². The summed E-state index contributed by atoms with van der Waals surface area (Å²) in [6, 6.07) is 0. The van der Waals surface area contributed by atoms with Crippen LogP contribution in [-0.2, 0) is 0 Å². The van der Waals surface area contributed by atoms with E-state index in [1.54, 1.807) is 7.05 Å². The normalized spacial score (nSPS) is 8.47. The summed E-state index contributed by atoms with van der Waals surface area (Å²) in [6.07, 6.45) is 5.13. The van der Waals surface area contributed by atoms with Crippen molar-refractivity contribution in [1.82, 2.24) is 15.0 Å². The first-order chi connectivity index (χ1) is 8.21. The molecule has 1 rings (SSSR count). The van der Waals surface area contributed by atoms with Crippen molar-refractivity contribution in [3.8, 4) is 12.3 Å². The predicted octanol–water partition coefficient (Wildman–Crippen LogP) is 1.82. The molecule has 0 saturated heterocycles. The van der Waals surface area contributed by atoms with Gasteiger partial charge in [-0.05, 0) is 21.3 Å². The van der Waals surface area contributed by atoms with Crippen LogP contribution in [0.5, 0.6) is 0 Å². The highest BCUT2D eigenvalue weighted by molar-refractivity contribution is 5.39. The van der Waals surface area contributed by atoms with Crippen molar-refractivity contribution in [3.63, 3.8) is 0 Å². The zero-order valence-corrected chi connectivity index (χ0v) is 8.76. The van der Waals surface area contributed by atoms with Crippen LogP contribution >= 0.6 is 0 Å². The van der Waals surface area contributed by atoms with Crippen LogP contribution in [0.1, 0.15) is 0 Å². The minimum atomic E-state index is -0.191. The molecule has 84 valence electrons. The molecule has 0 fully saturated rings. The second-order valence-electron chi connectivity index (χ2n) is 2.67. The zero-order valence-electron chi connectivity index (χ0n) is 8.76. The van der Waals surface area contributed by atoms with Crippen LogP contribution in [0, 0.1) is 12.3 Å². The highest BCUT2D eigenvalue weighted by Crippen LogP contribution is 2.16. The van der Waals surface area contributed by atoms with Gasteiger partial charge in [0.25, 0.3) is 0 Å². The molecule has 0 saturated carbocycles. The molecule has 0 unspecified atom stereocenters. The van der Waals surface area contributed by atoms with E-state index in [4.69, 9.17) is 17.5 Å². The first-order valence-electron chi connectivity index (χ1n) is 4.22. The molecule has 0 aliphatic heterocycles. The van der Waals surface area contributed by atoms with Crippen molar-refractivity contribution in [3.05, 3.63) is 20.9 Å². The number of hydrogen-bond donors (Lipinski definition) is 0. The minimum Gasteiger partial charge on any atom is -0.333 e. The lowest BCUT2D eigenvalue weighted by atomic mass is 10.6. The molecule has 0 amide bonds. The zero-order chi connectivity index (χ0) is 12.7. The number of terminal acetylenes is 1. The molecule has 10 nitrogen and oxygen atoms in total. The van der Waals surface area contributed by atoms with Gasteiger partial charge in [0.1, 0.15) is 0 Å². The van der Waals surface area contributed by atoms with E-state index in [1.165, 1.54) is 4.90 Å². The molecule has 0 bridgehead atoms. The molecule has 10 heteroatoms. The molecule has 0 atom stereocenters. The average Bonchev–Trinajstić information content (AvgIpc) is 2.30. The van der Waals surface area contributed by atoms with Gasteiger partial charge in [0.15, 0.2) is 0 Å². The van der Waals surface area contributed by atoms with Crippen molar-refractivity contribution in [2.75, 3.05) is 18.5 Å². The number of anilines is 1. The second-order valence-corrected chi connectivity index (χ2v) is 2.67. The van der Waals surface area contributed by atoms with Crippen molar-refractivity contribution in [2.24, 2.45) is 10.2 Å². The fraction of sp³-hybridized carbons (Fsp3) is 0.286. The Morgan fingerprint density at radius 3 is 2.18 bits per heavy atom. The van der Waals surface area contributed by atoms with Gasteiger partial charge < -0.3 is 4.90 Å². The Kier molecular flexibility index (Phi) is 4.09. The first kappa shape index (κ1) is 12.1. The summed E-state index contributed by atoms with van der Waals surface area (Å²) in [7, 11) is 1.63. The lowest BCUT2D eigenvalue weighted by Gasteiger charge is -2.13. The van der Waals surface area contributed by atoms with Crippen LogP contribution in [0.4, 0.5) is 17.8 Å². The fourth-order valence-electron chi connectivity index (χ4n) is 0.891. The lowest BCUT2D eigenvalue weighted by Crippen LogP contribution is -2.19. The third kappa shape index (κ3) is 3.24. The topological polar surface area (TPSA) is 139 Å². The number of hydrogen-bond acceptors (Lipinski definition) is 6. The van der Waals surface area contributed by atoms with Crippen LogP contribution < -0.4 is 4.90 Å². The maximum Gasteiger partial charge on any atom is 0.229 e. The Hall–Kier alpha value is -3.01. The third-order valence-electron chi connectivity index (χ3n) is 1.54. The third-order valence-corrected chi connectivity index (χ3v) is 1.54. The van der Waals surface area contributed by atoms with Gasteiger partial charge in [-0.25, -0.2) is 4.98 Å². The molecule has 0 aromatic carbocycles. The van der Waals surface area contributed by atoms with Crippen molar-refractivity contribution >= 4 is 17.8 Å². The van der Waals surface area contributed by atoms with Gasteiger partial charge in [-0.3, -0.25) is 0 Å². The Labute approximate surface area is 95.6 Å². The van der Waals surface area contributed by atoms with E-state index in [-0.39, 0.29) is 24.4 Å². The van der Waals surface area contributed by atoms with E-state index in [0.717, 1.165) is 0 Å². The molecule has 0 aliphatic rings. The SMILES string of the molecule is C#CCN(C)c1nc(N=[N+]=[N-])nc(N=[N+]=[N-])n1. The summed E-state index contributed by atoms with van der Waals surface area (Å²) in [5, 5.41) is 6.42. The number of rotatable bonds is 4. The van der Waals surface area contributed by atoms with E-state index in [9.17, 15) is 0 Å². The molecule has 1 aromatic rings. The summed E-state index contributed by atoms with van der Waals surface area (Å²) >= 11 is 0. The lowest BCUT2D eigenvalue weighted by molar-refractivity contribution is 0.917. The van der Waals surface area contributed by atoms with Gasteiger partial charge >= 0.3 is 0 Å². The van der Waals surface area contributed by atoms with Crippen LogP contribution in [0.25, 0.3) is 20.9 Å². The van der Waals surface area contributed by atoms with Crippen molar-refractivity contribution < 1.29 is 0 Å². The van der Waals surface area contributed by atoms with Crippen LogP contribution in [0.15, 0.2) is 10.2 Å². The van der Waals surface area contributed by atoms with E-state index in [0.29, 0.717) is 0 Å². The van der Waals surface area contributed by atoms with Crippen LogP contribution in [0.2, 0.25) is 0 Å². The molecule has 1 heterocycles. The molecular weight excluding hydrogens is 224 g/mol. The van der Waals surface area contributed by atoms with Crippen molar-refractivity contribution in [2.45, 2.75) is 0 Å². The highest BCUT2D eigenvalue weighted by Gasteiger charge is 2.07. The molecule has 0 spiro atoms. The Balaban J connectivity index is 3.25. The summed E-state index contributed by atoms with van der Waals surface area (Å²) < 4.78 is 0. The predicted molar refractivity (Wildman–Crippen MR) is 59.5 cm³/mol. The second kappa shape index (κ2) is 5.77. The van der Waals surface area contributed by atoms with Gasteiger partial charge in [0, 0.05) is 16.9 Å². The standard InChI is InChI=1S/C7H6N10/c1-3-4-17(2)7-11-5(13-15-8)10-6(12-7)14-16-9/h1H,4H2,2H3. The number of aromatic nitrogens is 3. The highest BCUT2D eigenvalue weighted by atomic mass is 15.3. The fourth-order valence-corrected chi connectivity index (χ4v) is 0.891. The van der Waals surface area contributed by atoms with E-state index in [2.05, 4.69) is 40.9 Å². The van der Waals surface area contributed by atoms with Crippen LogP contribution in [0.3, 0.4) is 0 Å². The average molecular weight is 230 g/mol. The maximum atomic E-state index is 8.28. The first-order valence-corrected chi connectivity index (χ1v) is 4.22. The molecule has 0 radical (unpaired) electrons. The summed E-state index contributed by atoms with van der Waals surface area (Å²) in [5.74, 6) is 2.16. The number of azide groups is 2. The Morgan fingerprint density at radius 2 is 1.76 bits per heavy atom. The maximum absolute atomic E-state index is 8.28. The van der Waals surface area contributed by atoms with E-state index >= 15 is 0 Å². The monoisotopic (exact) mass is 230 g/mol. The molecule has 0 N–H and O–H groups in total. The van der Waals surface area contributed by atoms with Crippen LogP contribution in [-0.4, -0.2) is 28.5 Å². The minimum absolute atomic E-state index is 0.155.